The summed E-state index contributed by atoms with van der Waals surface area (Å²) in [6.07, 6.45) is 0.0939. The molecule has 2 aliphatic heterocycles. The van der Waals surface area contributed by atoms with Crippen molar-refractivity contribution in [3.05, 3.63) is 51.2 Å². The maximum Gasteiger partial charge on any atom is 0.254 e. The summed E-state index contributed by atoms with van der Waals surface area (Å²) in [6.45, 7) is 7.48. The molecule has 8 heteroatoms. The monoisotopic (exact) mass is 384 g/mol. The second-order valence-corrected chi connectivity index (χ2v) is 7.24. The SMILES string of the molecule is Cc1nc(C)c(CC(=O)N2CCN(Cc3ccc4c(c3)OCO4)CC2)c(=O)[nH]1. The van der Waals surface area contributed by atoms with Gasteiger partial charge in [0.1, 0.15) is 5.82 Å². The first-order chi connectivity index (χ1) is 13.5. The summed E-state index contributed by atoms with van der Waals surface area (Å²) >= 11 is 0. The van der Waals surface area contributed by atoms with E-state index in [-0.39, 0.29) is 24.7 Å². The molecular weight excluding hydrogens is 360 g/mol. The van der Waals surface area contributed by atoms with Gasteiger partial charge in [-0.1, -0.05) is 6.07 Å². The summed E-state index contributed by atoms with van der Waals surface area (Å²) in [5, 5.41) is 0. The Morgan fingerprint density at radius 2 is 1.89 bits per heavy atom. The van der Waals surface area contributed by atoms with Crippen molar-refractivity contribution in [3.8, 4) is 11.5 Å². The van der Waals surface area contributed by atoms with Crippen LogP contribution >= 0.6 is 0 Å². The first-order valence-corrected chi connectivity index (χ1v) is 9.44. The fourth-order valence-electron chi connectivity index (χ4n) is 3.68. The van der Waals surface area contributed by atoms with Crippen LogP contribution in [0.15, 0.2) is 23.0 Å². The van der Waals surface area contributed by atoms with Gasteiger partial charge in [-0.25, -0.2) is 4.98 Å². The molecule has 3 heterocycles. The molecule has 1 aromatic heterocycles. The summed E-state index contributed by atoms with van der Waals surface area (Å²) in [5.41, 5.74) is 2.02. The molecule has 0 atom stereocenters. The van der Waals surface area contributed by atoms with Gasteiger partial charge in [-0.2, -0.15) is 0 Å². The number of carbonyl (C=O) groups excluding carboxylic acids is 1. The van der Waals surface area contributed by atoms with E-state index in [1.165, 1.54) is 0 Å². The lowest BCUT2D eigenvalue weighted by Crippen LogP contribution is -2.49. The minimum Gasteiger partial charge on any atom is -0.454 e. The van der Waals surface area contributed by atoms with Gasteiger partial charge in [-0.05, 0) is 31.5 Å². The highest BCUT2D eigenvalue weighted by Gasteiger charge is 2.23. The van der Waals surface area contributed by atoms with Crippen LogP contribution in [-0.4, -0.2) is 58.6 Å². The van der Waals surface area contributed by atoms with Crippen molar-refractivity contribution in [1.29, 1.82) is 0 Å². The van der Waals surface area contributed by atoms with Gasteiger partial charge in [0.15, 0.2) is 11.5 Å². The van der Waals surface area contributed by atoms with E-state index in [0.29, 0.717) is 30.2 Å². The number of hydrogen-bond acceptors (Lipinski definition) is 6. The van der Waals surface area contributed by atoms with E-state index in [2.05, 4.69) is 14.9 Å². The Morgan fingerprint density at radius 3 is 2.64 bits per heavy atom. The molecule has 8 nitrogen and oxygen atoms in total. The number of rotatable bonds is 4. The van der Waals surface area contributed by atoms with E-state index >= 15 is 0 Å². The number of aromatic amines is 1. The number of benzene rings is 1. The molecule has 1 aromatic carbocycles. The van der Waals surface area contributed by atoms with Crippen molar-refractivity contribution in [1.82, 2.24) is 19.8 Å². The number of aromatic nitrogens is 2. The number of amides is 1. The predicted octanol–water partition coefficient (Wildman–Crippen LogP) is 1.00. The van der Waals surface area contributed by atoms with Crippen molar-refractivity contribution < 1.29 is 14.3 Å². The van der Waals surface area contributed by atoms with Gasteiger partial charge in [-0.3, -0.25) is 14.5 Å². The largest absolute Gasteiger partial charge is 0.454 e. The maximum absolute atomic E-state index is 12.6. The molecule has 28 heavy (non-hydrogen) atoms. The predicted molar refractivity (Wildman–Crippen MR) is 102 cm³/mol. The second kappa shape index (κ2) is 7.63. The number of ether oxygens (including phenoxy) is 2. The standard InChI is InChI=1S/C20H24N4O4/c1-13-16(20(26)22-14(2)21-13)10-19(25)24-7-5-23(6-8-24)11-15-3-4-17-18(9-15)28-12-27-17/h3-4,9H,5-8,10-12H2,1-2H3,(H,21,22,26). The van der Waals surface area contributed by atoms with Crippen LogP contribution in [-0.2, 0) is 17.8 Å². The van der Waals surface area contributed by atoms with E-state index in [4.69, 9.17) is 9.47 Å². The number of piperazine rings is 1. The Morgan fingerprint density at radius 1 is 1.14 bits per heavy atom. The van der Waals surface area contributed by atoms with Gasteiger partial charge in [0.05, 0.1) is 6.42 Å². The molecule has 2 aliphatic rings. The topological polar surface area (TPSA) is 87.8 Å². The molecule has 0 unspecified atom stereocenters. The Hall–Kier alpha value is -2.87. The first kappa shape index (κ1) is 18.5. The third-order valence-electron chi connectivity index (χ3n) is 5.24. The zero-order valence-electron chi connectivity index (χ0n) is 16.2. The summed E-state index contributed by atoms with van der Waals surface area (Å²) < 4.78 is 10.8. The molecule has 0 radical (unpaired) electrons. The molecule has 0 aliphatic carbocycles. The third kappa shape index (κ3) is 3.87. The normalized spacial score (nSPS) is 16.4. The molecule has 1 saturated heterocycles. The van der Waals surface area contributed by atoms with E-state index in [9.17, 15) is 9.59 Å². The van der Waals surface area contributed by atoms with Crippen molar-refractivity contribution in [2.75, 3.05) is 33.0 Å². The quantitative estimate of drug-likeness (QED) is 0.846. The maximum atomic E-state index is 12.6. The number of aryl methyl sites for hydroxylation is 2. The Labute approximate surface area is 163 Å². The van der Waals surface area contributed by atoms with Crippen molar-refractivity contribution in [3.63, 3.8) is 0 Å². The number of carbonyl (C=O) groups is 1. The molecule has 0 spiro atoms. The Bertz CT molecular complexity index is 948. The van der Waals surface area contributed by atoms with Gasteiger partial charge in [0.2, 0.25) is 12.7 Å². The van der Waals surface area contributed by atoms with Crippen LogP contribution in [0.25, 0.3) is 0 Å². The van der Waals surface area contributed by atoms with Crippen LogP contribution in [0.2, 0.25) is 0 Å². The van der Waals surface area contributed by atoms with E-state index in [0.717, 1.165) is 36.7 Å². The average molecular weight is 384 g/mol. The molecule has 0 saturated carbocycles. The van der Waals surface area contributed by atoms with Gasteiger partial charge in [0.25, 0.3) is 5.56 Å². The first-order valence-electron chi connectivity index (χ1n) is 9.44. The summed E-state index contributed by atoms with van der Waals surface area (Å²) in [5.74, 6) is 2.12. The molecule has 2 aromatic rings. The number of fused-ring (bicyclic) bond motifs is 1. The number of nitrogens with one attached hydrogen (secondary N) is 1. The van der Waals surface area contributed by atoms with Gasteiger partial charge in [-0.15, -0.1) is 0 Å². The molecule has 0 bridgehead atoms. The van der Waals surface area contributed by atoms with Crippen LogP contribution in [0, 0.1) is 13.8 Å². The highest BCUT2D eigenvalue weighted by atomic mass is 16.7. The lowest BCUT2D eigenvalue weighted by molar-refractivity contribution is -0.132. The number of hydrogen-bond donors (Lipinski definition) is 1. The molecule has 1 fully saturated rings. The van der Waals surface area contributed by atoms with Crippen LogP contribution in [0.4, 0.5) is 0 Å². The highest BCUT2D eigenvalue weighted by molar-refractivity contribution is 5.79. The van der Waals surface area contributed by atoms with E-state index in [1.54, 1.807) is 13.8 Å². The number of H-pyrrole nitrogens is 1. The summed E-state index contributed by atoms with van der Waals surface area (Å²) in [4.78, 5) is 35.8. The molecule has 148 valence electrons. The molecule has 1 N–H and O–H groups in total. The van der Waals surface area contributed by atoms with Crippen LogP contribution in [0.1, 0.15) is 22.6 Å². The number of nitrogens with zero attached hydrogens (tertiary/aromatic N) is 3. The molecule has 4 rings (SSSR count). The van der Waals surface area contributed by atoms with Gasteiger partial charge >= 0.3 is 0 Å². The fourth-order valence-corrected chi connectivity index (χ4v) is 3.68. The van der Waals surface area contributed by atoms with Crippen molar-refractivity contribution in [2.45, 2.75) is 26.8 Å². The minimum absolute atomic E-state index is 0.0259. The van der Waals surface area contributed by atoms with Crippen molar-refractivity contribution >= 4 is 5.91 Å². The Kier molecular flexibility index (Phi) is 5.04. The van der Waals surface area contributed by atoms with Crippen LogP contribution in [0.3, 0.4) is 0 Å². The Balaban J connectivity index is 1.33. The average Bonchev–Trinajstić information content (AvgIpc) is 3.13. The van der Waals surface area contributed by atoms with E-state index in [1.807, 2.05) is 23.1 Å². The molecule has 1 amide bonds. The van der Waals surface area contributed by atoms with Crippen molar-refractivity contribution in [2.24, 2.45) is 0 Å². The minimum atomic E-state index is -0.222. The third-order valence-corrected chi connectivity index (χ3v) is 5.24. The zero-order valence-corrected chi connectivity index (χ0v) is 16.2. The lowest BCUT2D eigenvalue weighted by atomic mass is 10.1. The zero-order chi connectivity index (χ0) is 19.7. The van der Waals surface area contributed by atoms with Gasteiger partial charge in [0, 0.05) is 44.0 Å². The summed E-state index contributed by atoms with van der Waals surface area (Å²) in [6, 6.07) is 6.00. The smallest absolute Gasteiger partial charge is 0.254 e. The van der Waals surface area contributed by atoms with Crippen LogP contribution in [0.5, 0.6) is 11.5 Å². The summed E-state index contributed by atoms with van der Waals surface area (Å²) in [7, 11) is 0. The second-order valence-electron chi connectivity index (χ2n) is 7.24. The molecular formula is C20H24N4O4. The van der Waals surface area contributed by atoms with E-state index < -0.39 is 0 Å². The van der Waals surface area contributed by atoms with Crippen LogP contribution < -0.4 is 15.0 Å². The fraction of sp³-hybridized carbons (Fsp3) is 0.450. The lowest BCUT2D eigenvalue weighted by Gasteiger charge is -2.34. The van der Waals surface area contributed by atoms with Gasteiger partial charge < -0.3 is 19.4 Å². The highest BCUT2D eigenvalue weighted by Crippen LogP contribution is 2.32.